The molecule has 156 valence electrons. The fraction of sp³-hybridized carbons (Fsp3) is 0.565. The van der Waals surface area contributed by atoms with Crippen molar-refractivity contribution >= 4 is 17.7 Å². The largest absolute Gasteiger partial charge is 0.376 e. The average molecular weight is 414 g/mol. The monoisotopic (exact) mass is 413 g/mol. The first kappa shape index (κ1) is 20.5. The number of thioether (sulfide) groups is 1. The van der Waals surface area contributed by atoms with Crippen LogP contribution in [0.25, 0.3) is 11.3 Å². The van der Waals surface area contributed by atoms with Crippen molar-refractivity contribution in [2.24, 2.45) is 0 Å². The summed E-state index contributed by atoms with van der Waals surface area (Å²) in [5.41, 5.74) is 2.29. The van der Waals surface area contributed by atoms with Gasteiger partial charge in [-0.2, -0.15) is 0 Å². The maximum atomic E-state index is 12.3. The van der Waals surface area contributed by atoms with Crippen molar-refractivity contribution in [1.29, 1.82) is 0 Å². The number of hydrogen-bond donors (Lipinski definition) is 1. The van der Waals surface area contributed by atoms with Crippen LogP contribution in [0.4, 0.5) is 0 Å². The molecule has 2 aromatic rings. The number of nitrogens with one attached hydrogen (secondary N) is 1. The van der Waals surface area contributed by atoms with Crippen LogP contribution in [0, 0.1) is 0 Å². The van der Waals surface area contributed by atoms with Gasteiger partial charge in [-0.3, -0.25) is 4.79 Å². The van der Waals surface area contributed by atoms with Gasteiger partial charge in [0.25, 0.3) is 0 Å². The Kier molecular flexibility index (Phi) is 7.28. The first-order valence-corrected chi connectivity index (χ1v) is 11.9. The number of carbonyl (C=O) groups excluding carboxylic acids is 1. The molecule has 1 unspecified atom stereocenters. The van der Waals surface area contributed by atoms with E-state index in [0.717, 1.165) is 55.4 Å². The van der Waals surface area contributed by atoms with Crippen molar-refractivity contribution in [3.8, 4) is 11.3 Å². The summed E-state index contributed by atoms with van der Waals surface area (Å²) in [7, 11) is 0. The number of benzene rings is 1. The van der Waals surface area contributed by atoms with Crippen LogP contribution in [-0.4, -0.2) is 40.0 Å². The molecule has 1 atom stereocenters. The predicted molar refractivity (Wildman–Crippen MR) is 117 cm³/mol. The zero-order valence-corrected chi connectivity index (χ0v) is 17.8. The lowest BCUT2D eigenvalue weighted by Crippen LogP contribution is -2.36. The van der Waals surface area contributed by atoms with Crippen molar-refractivity contribution in [3.63, 3.8) is 0 Å². The minimum absolute atomic E-state index is 0.171. The molecule has 1 aliphatic heterocycles. The van der Waals surface area contributed by atoms with Crippen molar-refractivity contribution < 1.29 is 9.53 Å². The molecule has 1 N–H and O–H groups in total. The van der Waals surface area contributed by atoms with E-state index < -0.39 is 0 Å². The van der Waals surface area contributed by atoms with Crippen molar-refractivity contribution in [1.82, 2.24) is 14.9 Å². The molecule has 2 heterocycles. The molecular formula is C23H31N3O2S. The lowest BCUT2D eigenvalue weighted by Gasteiger charge is -2.22. The van der Waals surface area contributed by atoms with E-state index in [9.17, 15) is 4.79 Å². The summed E-state index contributed by atoms with van der Waals surface area (Å²) >= 11 is 1.67. The summed E-state index contributed by atoms with van der Waals surface area (Å²) < 4.78 is 8.15. The molecule has 2 aliphatic rings. The number of carbonyl (C=O) groups is 1. The molecule has 1 aliphatic carbocycles. The molecule has 4 rings (SSSR count). The number of rotatable bonds is 8. The Bertz CT molecular complexity index is 781. The van der Waals surface area contributed by atoms with Crippen LogP contribution in [0.3, 0.4) is 0 Å². The third kappa shape index (κ3) is 5.64. The fourth-order valence-electron chi connectivity index (χ4n) is 4.26. The molecule has 6 heteroatoms. The Morgan fingerprint density at radius 2 is 1.97 bits per heavy atom. The topological polar surface area (TPSA) is 56.2 Å². The Labute approximate surface area is 177 Å². The summed E-state index contributed by atoms with van der Waals surface area (Å²) in [5.74, 6) is 0.917. The van der Waals surface area contributed by atoms with E-state index >= 15 is 0 Å². The highest BCUT2D eigenvalue weighted by Gasteiger charge is 2.21. The van der Waals surface area contributed by atoms with Gasteiger partial charge in [0.05, 0.1) is 24.5 Å². The lowest BCUT2D eigenvalue weighted by atomic mass is 9.95. The number of ether oxygens (including phenoxy) is 1. The number of aromatic nitrogens is 2. The Morgan fingerprint density at radius 1 is 1.14 bits per heavy atom. The van der Waals surface area contributed by atoms with Gasteiger partial charge < -0.3 is 14.6 Å². The van der Waals surface area contributed by atoms with Crippen LogP contribution >= 0.6 is 11.8 Å². The molecule has 29 heavy (non-hydrogen) atoms. The molecule has 1 saturated carbocycles. The van der Waals surface area contributed by atoms with Gasteiger partial charge in [0.1, 0.15) is 0 Å². The molecule has 1 saturated heterocycles. The Hall–Kier alpha value is -1.79. The highest BCUT2D eigenvalue weighted by atomic mass is 32.2. The highest BCUT2D eigenvalue weighted by Crippen LogP contribution is 2.28. The first-order chi connectivity index (χ1) is 14.3. The van der Waals surface area contributed by atoms with E-state index in [-0.39, 0.29) is 12.0 Å². The van der Waals surface area contributed by atoms with Gasteiger partial charge in [0, 0.05) is 24.8 Å². The number of hydrogen-bond acceptors (Lipinski definition) is 4. The average Bonchev–Trinajstić information content (AvgIpc) is 3.40. The van der Waals surface area contributed by atoms with Crippen LogP contribution < -0.4 is 5.32 Å². The second-order valence-corrected chi connectivity index (χ2v) is 9.10. The second-order valence-electron chi connectivity index (χ2n) is 8.04. The molecule has 5 nitrogen and oxygen atoms in total. The zero-order valence-electron chi connectivity index (χ0n) is 17.0. The third-order valence-corrected chi connectivity index (χ3v) is 6.82. The molecule has 1 aromatic carbocycles. The molecule has 1 amide bonds. The van der Waals surface area contributed by atoms with E-state index in [1.165, 1.54) is 24.8 Å². The number of imidazole rings is 1. The van der Waals surface area contributed by atoms with Crippen LogP contribution in [0.1, 0.15) is 51.4 Å². The van der Waals surface area contributed by atoms with E-state index in [4.69, 9.17) is 4.74 Å². The Balaban J connectivity index is 1.38. The summed E-state index contributed by atoms with van der Waals surface area (Å²) in [6.45, 7) is 1.67. The van der Waals surface area contributed by atoms with E-state index in [2.05, 4.69) is 39.1 Å². The van der Waals surface area contributed by atoms with Crippen LogP contribution in [-0.2, 0) is 16.1 Å². The highest BCUT2D eigenvalue weighted by molar-refractivity contribution is 7.99. The van der Waals surface area contributed by atoms with Gasteiger partial charge in [-0.1, -0.05) is 61.4 Å². The van der Waals surface area contributed by atoms with Gasteiger partial charge in [0.15, 0.2) is 5.16 Å². The van der Waals surface area contributed by atoms with E-state index in [1.807, 2.05) is 12.3 Å². The fourth-order valence-corrected chi connectivity index (χ4v) is 5.19. The predicted octanol–water partition coefficient (Wildman–Crippen LogP) is 4.66. The van der Waals surface area contributed by atoms with Crippen LogP contribution in [0.5, 0.6) is 0 Å². The van der Waals surface area contributed by atoms with Crippen molar-refractivity contribution in [2.75, 3.05) is 12.4 Å². The smallest absolute Gasteiger partial charge is 0.221 e. The lowest BCUT2D eigenvalue weighted by molar-refractivity contribution is -0.121. The zero-order chi connectivity index (χ0) is 19.9. The first-order valence-electron chi connectivity index (χ1n) is 10.9. The van der Waals surface area contributed by atoms with Crippen molar-refractivity contribution in [3.05, 3.63) is 36.5 Å². The van der Waals surface area contributed by atoms with Gasteiger partial charge in [-0.25, -0.2) is 4.98 Å². The van der Waals surface area contributed by atoms with Crippen LogP contribution in [0.15, 0.2) is 41.7 Å². The molecule has 0 spiro atoms. The van der Waals surface area contributed by atoms with E-state index in [0.29, 0.717) is 12.5 Å². The van der Waals surface area contributed by atoms with Gasteiger partial charge in [-0.15, -0.1) is 0 Å². The molecule has 1 aromatic heterocycles. The number of amides is 1. The van der Waals surface area contributed by atoms with Gasteiger partial charge >= 0.3 is 0 Å². The maximum Gasteiger partial charge on any atom is 0.221 e. The summed E-state index contributed by atoms with van der Waals surface area (Å²) in [6, 6.07) is 10.8. The second kappa shape index (κ2) is 10.3. The van der Waals surface area contributed by atoms with Gasteiger partial charge in [0.2, 0.25) is 5.91 Å². The molecular weight excluding hydrogens is 382 g/mol. The van der Waals surface area contributed by atoms with Crippen LogP contribution in [0.2, 0.25) is 0 Å². The molecule has 2 fully saturated rings. The normalized spacial score (nSPS) is 20.1. The van der Waals surface area contributed by atoms with Gasteiger partial charge in [-0.05, 0) is 31.2 Å². The summed E-state index contributed by atoms with van der Waals surface area (Å²) in [5, 5.41) is 4.19. The minimum Gasteiger partial charge on any atom is -0.376 e. The standard InChI is InChI=1S/C23H31N3O2S/c27-22(25-19-10-5-2-6-11-19)13-15-29-23-24-16-21(18-8-3-1-4-9-18)26(23)17-20-12-7-14-28-20/h1,3-4,8-9,16,19-20H,2,5-7,10-15,17H2,(H,25,27). The van der Waals surface area contributed by atoms with Crippen molar-refractivity contribution in [2.45, 2.75) is 75.2 Å². The summed E-state index contributed by atoms with van der Waals surface area (Å²) in [4.78, 5) is 17.0. The van der Waals surface area contributed by atoms with E-state index in [1.54, 1.807) is 11.8 Å². The summed E-state index contributed by atoms with van der Waals surface area (Å²) in [6.07, 6.45) is 11.0. The maximum absolute atomic E-state index is 12.3. The molecule has 0 radical (unpaired) electrons. The Morgan fingerprint density at radius 3 is 2.72 bits per heavy atom. The minimum atomic E-state index is 0.171. The quantitative estimate of drug-likeness (QED) is 0.640. The number of nitrogens with zero attached hydrogens (tertiary/aromatic N) is 2. The SMILES string of the molecule is O=C(CCSc1ncc(-c2ccccc2)n1CC1CCCO1)NC1CCCCC1. The third-order valence-electron chi connectivity index (χ3n) is 5.83. The molecule has 0 bridgehead atoms.